The van der Waals surface area contributed by atoms with Gasteiger partial charge >= 0.3 is 0 Å². The van der Waals surface area contributed by atoms with Crippen molar-refractivity contribution in [2.24, 2.45) is 7.05 Å². The van der Waals surface area contributed by atoms with Crippen LogP contribution < -0.4 is 4.72 Å². The average Bonchev–Trinajstić information content (AvgIpc) is 2.73. The Hall–Kier alpha value is -1.37. The Morgan fingerprint density at radius 2 is 2.05 bits per heavy atom. The largest absolute Gasteiger partial charge is 0.324 e. The SMILES string of the molecule is Cc1ccccc1CC(C)NS(=O)(=O)c1ncn(C)c1Cl. The summed E-state index contributed by atoms with van der Waals surface area (Å²) in [7, 11) is -2.07. The van der Waals surface area contributed by atoms with E-state index in [9.17, 15) is 8.42 Å². The number of nitrogens with zero attached hydrogens (tertiary/aromatic N) is 2. The molecule has 1 unspecified atom stereocenters. The second-order valence-electron chi connectivity index (χ2n) is 5.10. The number of benzene rings is 1. The van der Waals surface area contributed by atoms with Crippen LogP contribution in [0, 0.1) is 6.92 Å². The van der Waals surface area contributed by atoms with Crippen molar-refractivity contribution in [1.29, 1.82) is 0 Å². The summed E-state index contributed by atoms with van der Waals surface area (Å²) >= 11 is 5.94. The van der Waals surface area contributed by atoms with E-state index in [2.05, 4.69) is 9.71 Å². The number of hydrogen-bond acceptors (Lipinski definition) is 3. The molecule has 0 saturated heterocycles. The molecular formula is C14H18ClN3O2S. The van der Waals surface area contributed by atoms with Gasteiger partial charge in [0.05, 0.1) is 6.33 Å². The van der Waals surface area contributed by atoms with Gasteiger partial charge in [0.15, 0.2) is 0 Å². The fourth-order valence-electron chi connectivity index (χ4n) is 2.11. The first-order chi connectivity index (χ1) is 9.81. The Kier molecular flexibility index (Phi) is 4.70. The van der Waals surface area contributed by atoms with Gasteiger partial charge in [0.25, 0.3) is 10.0 Å². The van der Waals surface area contributed by atoms with E-state index in [1.165, 1.54) is 10.9 Å². The maximum absolute atomic E-state index is 12.3. The second kappa shape index (κ2) is 6.17. The Balaban J connectivity index is 2.14. The fraction of sp³-hybridized carbons (Fsp3) is 0.357. The van der Waals surface area contributed by atoms with E-state index in [0.717, 1.165) is 11.1 Å². The lowest BCUT2D eigenvalue weighted by molar-refractivity contribution is 0.556. The Morgan fingerprint density at radius 1 is 1.38 bits per heavy atom. The molecule has 0 radical (unpaired) electrons. The third-order valence-electron chi connectivity index (χ3n) is 3.23. The minimum Gasteiger partial charge on any atom is -0.324 e. The lowest BCUT2D eigenvalue weighted by Crippen LogP contribution is -2.34. The summed E-state index contributed by atoms with van der Waals surface area (Å²) < 4.78 is 28.6. The first-order valence-electron chi connectivity index (χ1n) is 6.55. The van der Waals surface area contributed by atoms with Crippen molar-refractivity contribution in [2.45, 2.75) is 31.3 Å². The van der Waals surface area contributed by atoms with Crippen LogP contribution in [0.4, 0.5) is 0 Å². The van der Waals surface area contributed by atoms with Crippen LogP contribution in [0.2, 0.25) is 5.15 Å². The number of sulfonamides is 1. The Labute approximate surface area is 130 Å². The molecule has 0 aliphatic heterocycles. The third-order valence-corrected chi connectivity index (χ3v) is 5.31. The smallest absolute Gasteiger partial charge is 0.261 e. The fourth-order valence-corrected chi connectivity index (χ4v) is 3.78. The molecule has 21 heavy (non-hydrogen) atoms. The van der Waals surface area contributed by atoms with E-state index in [1.807, 2.05) is 38.1 Å². The summed E-state index contributed by atoms with van der Waals surface area (Å²) in [5.41, 5.74) is 2.25. The van der Waals surface area contributed by atoms with E-state index in [1.54, 1.807) is 7.05 Å². The van der Waals surface area contributed by atoms with Crippen LogP contribution in [0.3, 0.4) is 0 Å². The molecule has 0 aliphatic rings. The predicted octanol–water partition coefficient (Wildman–Crippen LogP) is 2.29. The molecule has 1 aromatic carbocycles. The van der Waals surface area contributed by atoms with Gasteiger partial charge in [-0.25, -0.2) is 18.1 Å². The zero-order valence-corrected chi connectivity index (χ0v) is 13.7. The normalized spacial score (nSPS) is 13.3. The van der Waals surface area contributed by atoms with Gasteiger partial charge in [-0.3, -0.25) is 0 Å². The van der Waals surface area contributed by atoms with E-state index in [4.69, 9.17) is 11.6 Å². The lowest BCUT2D eigenvalue weighted by Gasteiger charge is -2.14. The maximum Gasteiger partial charge on any atom is 0.261 e. The summed E-state index contributed by atoms with van der Waals surface area (Å²) in [6.07, 6.45) is 1.99. The molecule has 1 N–H and O–H groups in total. The molecule has 7 heteroatoms. The van der Waals surface area contributed by atoms with Gasteiger partial charge in [0, 0.05) is 13.1 Å². The summed E-state index contributed by atoms with van der Waals surface area (Å²) in [6, 6.07) is 7.65. The van der Waals surface area contributed by atoms with Crippen LogP contribution >= 0.6 is 11.6 Å². The summed E-state index contributed by atoms with van der Waals surface area (Å²) in [5.74, 6) is 0. The van der Waals surface area contributed by atoms with E-state index < -0.39 is 10.0 Å². The van der Waals surface area contributed by atoms with Crippen molar-refractivity contribution in [3.63, 3.8) is 0 Å². The number of hydrogen-bond donors (Lipinski definition) is 1. The molecule has 2 rings (SSSR count). The number of rotatable bonds is 5. The van der Waals surface area contributed by atoms with Crippen LogP contribution in [-0.2, 0) is 23.5 Å². The number of halogens is 1. The molecule has 0 saturated carbocycles. The standard InChI is InChI=1S/C14H18ClN3O2S/c1-10-6-4-5-7-12(10)8-11(2)17-21(19,20)14-13(15)18(3)9-16-14/h4-7,9,11,17H,8H2,1-3H3. The Morgan fingerprint density at radius 3 is 2.62 bits per heavy atom. The van der Waals surface area contributed by atoms with Gasteiger partial charge in [-0.2, -0.15) is 0 Å². The van der Waals surface area contributed by atoms with Crippen LogP contribution in [0.1, 0.15) is 18.1 Å². The molecule has 114 valence electrons. The van der Waals surface area contributed by atoms with Crippen LogP contribution in [-0.4, -0.2) is 24.0 Å². The van der Waals surface area contributed by atoms with E-state index in [-0.39, 0.29) is 16.2 Å². The van der Waals surface area contributed by atoms with Crippen molar-refractivity contribution in [3.05, 3.63) is 46.9 Å². The first-order valence-corrected chi connectivity index (χ1v) is 8.41. The average molecular weight is 328 g/mol. The zero-order chi connectivity index (χ0) is 15.6. The highest BCUT2D eigenvalue weighted by Crippen LogP contribution is 2.19. The molecule has 1 atom stereocenters. The molecule has 1 heterocycles. The summed E-state index contributed by atoms with van der Waals surface area (Å²) in [5, 5.41) is -0.0334. The number of imidazole rings is 1. The molecule has 0 aliphatic carbocycles. The summed E-state index contributed by atoms with van der Waals surface area (Å²) in [4.78, 5) is 3.85. The second-order valence-corrected chi connectivity index (χ2v) is 7.09. The summed E-state index contributed by atoms with van der Waals surface area (Å²) in [6.45, 7) is 3.83. The molecule has 0 fully saturated rings. The van der Waals surface area contributed by atoms with Gasteiger partial charge in [-0.05, 0) is 31.4 Å². The van der Waals surface area contributed by atoms with Crippen molar-refractivity contribution >= 4 is 21.6 Å². The predicted molar refractivity (Wildman–Crippen MR) is 82.9 cm³/mol. The molecular weight excluding hydrogens is 310 g/mol. The van der Waals surface area contributed by atoms with Crippen LogP contribution in [0.15, 0.2) is 35.6 Å². The first kappa shape index (κ1) is 16.0. The highest BCUT2D eigenvalue weighted by Gasteiger charge is 2.24. The number of nitrogens with one attached hydrogen (secondary N) is 1. The quantitative estimate of drug-likeness (QED) is 0.916. The van der Waals surface area contributed by atoms with Crippen molar-refractivity contribution in [1.82, 2.24) is 14.3 Å². The topological polar surface area (TPSA) is 64.0 Å². The van der Waals surface area contributed by atoms with Gasteiger partial charge in [0.2, 0.25) is 5.03 Å². The van der Waals surface area contributed by atoms with Gasteiger partial charge in [-0.1, -0.05) is 35.9 Å². The molecule has 1 aromatic heterocycles. The molecule has 5 nitrogen and oxygen atoms in total. The minimum atomic E-state index is -3.72. The van der Waals surface area contributed by atoms with Crippen molar-refractivity contribution in [2.75, 3.05) is 0 Å². The van der Waals surface area contributed by atoms with Crippen LogP contribution in [0.5, 0.6) is 0 Å². The van der Waals surface area contributed by atoms with Crippen molar-refractivity contribution < 1.29 is 8.42 Å². The van der Waals surface area contributed by atoms with Crippen LogP contribution in [0.25, 0.3) is 0 Å². The maximum atomic E-state index is 12.3. The van der Waals surface area contributed by atoms with Crippen molar-refractivity contribution in [3.8, 4) is 0 Å². The zero-order valence-electron chi connectivity index (χ0n) is 12.2. The van der Waals surface area contributed by atoms with E-state index >= 15 is 0 Å². The monoisotopic (exact) mass is 327 g/mol. The molecule has 0 spiro atoms. The minimum absolute atomic E-state index is 0.102. The van der Waals surface area contributed by atoms with Gasteiger partial charge < -0.3 is 4.57 Å². The van der Waals surface area contributed by atoms with Gasteiger partial charge in [0.1, 0.15) is 5.15 Å². The number of aryl methyl sites for hydroxylation is 2. The highest BCUT2D eigenvalue weighted by atomic mass is 35.5. The number of aromatic nitrogens is 2. The molecule has 2 aromatic rings. The molecule has 0 amide bonds. The lowest BCUT2D eigenvalue weighted by atomic mass is 10.0. The molecule has 0 bridgehead atoms. The third kappa shape index (κ3) is 3.64. The van der Waals surface area contributed by atoms with E-state index in [0.29, 0.717) is 6.42 Å². The highest BCUT2D eigenvalue weighted by molar-refractivity contribution is 7.89. The van der Waals surface area contributed by atoms with Gasteiger partial charge in [-0.15, -0.1) is 0 Å². The Bertz CT molecular complexity index is 740.